The van der Waals surface area contributed by atoms with E-state index in [9.17, 15) is 4.79 Å². The minimum atomic E-state index is -0.0369. The van der Waals surface area contributed by atoms with E-state index in [-0.39, 0.29) is 5.78 Å². The Bertz CT molecular complexity index is 733. The number of thiazole rings is 1. The van der Waals surface area contributed by atoms with Crippen LogP contribution in [-0.4, -0.2) is 15.8 Å². The number of fused-ring (bicyclic) bond motifs is 1. The number of carbonyl (C=O) groups is 1. The minimum absolute atomic E-state index is 0.0369. The average molecular weight is 254 g/mol. The summed E-state index contributed by atoms with van der Waals surface area (Å²) in [7, 11) is 0. The molecule has 0 fully saturated rings. The number of aryl methyl sites for hydroxylation is 1. The summed E-state index contributed by atoms with van der Waals surface area (Å²) in [5.74, 6) is -0.0369. The molecular weight excluding hydrogens is 244 g/mol. The van der Waals surface area contributed by atoms with Gasteiger partial charge in [-0.15, -0.1) is 11.3 Å². The van der Waals surface area contributed by atoms with Crippen molar-refractivity contribution in [2.45, 2.75) is 6.92 Å². The number of hydrogen-bond donors (Lipinski definition) is 0. The number of hydrogen-bond acceptors (Lipinski definition) is 4. The summed E-state index contributed by atoms with van der Waals surface area (Å²) in [4.78, 5) is 20.7. The van der Waals surface area contributed by atoms with Gasteiger partial charge in [0.25, 0.3) is 0 Å². The molecule has 3 nitrogen and oxygen atoms in total. The topological polar surface area (TPSA) is 42.9 Å². The first kappa shape index (κ1) is 11.0. The third-order valence-corrected chi connectivity index (χ3v) is 3.49. The van der Waals surface area contributed by atoms with E-state index in [2.05, 4.69) is 9.97 Å². The van der Waals surface area contributed by atoms with Crippen molar-refractivity contribution in [2.75, 3.05) is 0 Å². The fraction of sp³-hybridized carbons (Fsp3) is 0.0714. The van der Waals surface area contributed by atoms with Crippen LogP contribution in [0, 0.1) is 6.92 Å². The molecule has 0 saturated heterocycles. The molecule has 0 saturated carbocycles. The van der Waals surface area contributed by atoms with Gasteiger partial charge in [0.05, 0.1) is 10.5 Å². The van der Waals surface area contributed by atoms with Crippen molar-refractivity contribution < 1.29 is 4.79 Å². The van der Waals surface area contributed by atoms with Gasteiger partial charge in [0.15, 0.2) is 0 Å². The fourth-order valence-corrected chi connectivity index (χ4v) is 2.43. The van der Waals surface area contributed by atoms with Gasteiger partial charge < -0.3 is 0 Å². The van der Waals surface area contributed by atoms with Crippen molar-refractivity contribution in [3.8, 4) is 0 Å². The molecule has 2 aromatic heterocycles. The molecule has 4 heteroatoms. The van der Waals surface area contributed by atoms with Gasteiger partial charge in [-0.25, -0.2) is 4.98 Å². The highest BCUT2D eigenvalue weighted by Gasteiger charge is 2.12. The summed E-state index contributed by atoms with van der Waals surface area (Å²) in [5.41, 5.74) is 2.06. The van der Waals surface area contributed by atoms with Gasteiger partial charge in [0, 0.05) is 22.5 Å². The van der Waals surface area contributed by atoms with E-state index in [4.69, 9.17) is 0 Å². The van der Waals surface area contributed by atoms with Crippen molar-refractivity contribution in [1.29, 1.82) is 0 Å². The molecule has 0 unspecified atom stereocenters. The van der Waals surface area contributed by atoms with Crippen molar-refractivity contribution in [3.05, 3.63) is 58.2 Å². The highest BCUT2D eigenvalue weighted by Crippen LogP contribution is 2.17. The monoisotopic (exact) mass is 254 g/mol. The number of aromatic nitrogens is 2. The van der Waals surface area contributed by atoms with Crippen LogP contribution >= 0.6 is 11.3 Å². The maximum atomic E-state index is 12.2. The molecule has 3 rings (SSSR count). The predicted octanol–water partition coefficient (Wildman–Crippen LogP) is 3.23. The van der Waals surface area contributed by atoms with Gasteiger partial charge in [-0.3, -0.25) is 9.78 Å². The van der Waals surface area contributed by atoms with Crippen molar-refractivity contribution in [1.82, 2.24) is 9.97 Å². The van der Waals surface area contributed by atoms with Crippen LogP contribution in [0.15, 0.2) is 41.9 Å². The molecule has 0 atom stereocenters. The number of rotatable bonds is 2. The SMILES string of the molecule is Cc1nc(C(=O)c2ccc3ncccc3c2)cs1. The largest absolute Gasteiger partial charge is 0.287 e. The summed E-state index contributed by atoms with van der Waals surface area (Å²) in [6, 6.07) is 9.34. The Balaban J connectivity index is 2.06. The molecule has 1 aromatic carbocycles. The van der Waals surface area contributed by atoms with Crippen LogP contribution in [-0.2, 0) is 0 Å². The Kier molecular flexibility index (Phi) is 2.64. The van der Waals surface area contributed by atoms with Gasteiger partial charge in [0.2, 0.25) is 5.78 Å². The molecule has 0 N–H and O–H groups in total. The van der Waals surface area contributed by atoms with Crippen LogP contribution in [0.1, 0.15) is 21.1 Å². The third kappa shape index (κ3) is 1.91. The van der Waals surface area contributed by atoms with E-state index in [0.29, 0.717) is 11.3 Å². The van der Waals surface area contributed by atoms with Crippen LogP contribution in [0.2, 0.25) is 0 Å². The van der Waals surface area contributed by atoms with Gasteiger partial charge >= 0.3 is 0 Å². The lowest BCUT2D eigenvalue weighted by Gasteiger charge is -2.00. The van der Waals surface area contributed by atoms with Crippen molar-refractivity contribution >= 4 is 28.0 Å². The van der Waals surface area contributed by atoms with Gasteiger partial charge in [-0.05, 0) is 31.2 Å². The summed E-state index contributed by atoms with van der Waals surface area (Å²) in [6.07, 6.45) is 1.74. The number of benzene rings is 1. The highest BCUT2D eigenvalue weighted by atomic mass is 32.1. The zero-order valence-corrected chi connectivity index (χ0v) is 10.6. The minimum Gasteiger partial charge on any atom is -0.287 e. The molecule has 88 valence electrons. The van der Waals surface area contributed by atoms with Crippen molar-refractivity contribution in [2.24, 2.45) is 0 Å². The van der Waals surface area contributed by atoms with E-state index >= 15 is 0 Å². The van der Waals surface area contributed by atoms with Gasteiger partial charge in [-0.2, -0.15) is 0 Å². The Labute approximate surface area is 108 Å². The summed E-state index contributed by atoms with van der Waals surface area (Å²) in [5, 5.41) is 3.67. The number of ketones is 1. The van der Waals surface area contributed by atoms with Gasteiger partial charge in [0.1, 0.15) is 5.69 Å². The van der Waals surface area contributed by atoms with Crippen LogP contribution in [0.3, 0.4) is 0 Å². The maximum Gasteiger partial charge on any atom is 0.212 e. The van der Waals surface area contributed by atoms with E-state index < -0.39 is 0 Å². The second-order valence-electron chi connectivity index (χ2n) is 3.99. The lowest BCUT2D eigenvalue weighted by atomic mass is 10.1. The number of nitrogens with zero attached hydrogens (tertiary/aromatic N) is 2. The molecule has 0 aliphatic heterocycles. The fourth-order valence-electron chi connectivity index (χ4n) is 1.83. The third-order valence-electron chi connectivity index (χ3n) is 2.72. The summed E-state index contributed by atoms with van der Waals surface area (Å²) < 4.78 is 0. The second-order valence-corrected chi connectivity index (χ2v) is 5.05. The van der Waals surface area contributed by atoms with Crippen LogP contribution in [0.4, 0.5) is 0 Å². The maximum absolute atomic E-state index is 12.2. The molecule has 0 spiro atoms. The van der Waals surface area contributed by atoms with Crippen molar-refractivity contribution in [3.63, 3.8) is 0 Å². The average Bonchev–Trinajstić information content (AvgIpc) is 2.84. The zero-order chi connectivity index (χ0) is 12.5. The quantitative estimate of drug-likeness (QED) is 0.659. The van der Waals surface area contributed by atoms with E-state index in [1.807, 2.05) is 31.2 Å². The molecule has 0 bridgehead atoms. The molecule has 0 aliphatic carbocycles. The highest BCUT2D eigenvalue weighted by molar-refractivity contribution is 7.09. The lowest BCUT2D eigenvalue weighted by Crippen LogP contribution is -2.01. The van der Waals surface area contributed by atoms with E-state index in [1.54, 1.807) is 17.6 Å². The lowest BCUT2D eigenvalue weighted by molar-refractivity contribution is 0.103. The first-order valence-corrected chi connectivity index (χ1v) is 6.43. The van der Waals surface area contributed by atoms with Crippen LogP contribution < -0.4 is 0 Å². The summed E-state index contributed by atoms with van der Waals surface area (Å²) >= 11 is 1.49. The molecule has 3 aromatic rings. The molecule has 0 amide bonds. The molecule has 18 heavy (non-hydrogen) atoms. The Morgan fingerprint density at radius 2 is 2.17 bits per heavy atom. The first-order valence-electron chi connectivity index (χ1n) is 5.56. The molecule has 0 radical (unpaired) electrons. The number of carbonyl (C=O) groups excluding carboxylic acids is 1. The predicted molar refractivity (Wildman–Crippen MR) is 72.0 cm³/mol. The van der Waals surface area contributed by atoms with E-state index in [0.717, 1.165) is 15.9 Å². The smallest absolute Gasteiger partial charge is 0.212 e. The van der Waals surface area contributed by atoms with Gasteiger partial charge in [-0.1, -0.05) is 6.07 Å². The second kappa shape index (κ2) is 4.31. The Morgan fingerprint density at radius 1 is 1.28 bits per heavy atom. The Morgan fingerprint density at radius 3 is 2.94 bits per heavy atom. The molecular formula is C14H10N2OS. The van der Waals surface area contributed by atoms with Crippen LogP contribution in [0.5, 0.6) is 0 Å². The first-order chi connectivity index (χ1) is 8.74. The molecule has 0 aliphatic rings. The van der Waals surface area contributed by atoms with E-state index in [1.165, 1.54) is 11.3 Å². The molecule has 2 heterocycles. The van der Waals surface area contributed by atoms with Crippen LogP contribution in [0.25, 0.3) is 10.9 Å². The Hall–Kier alpha value is -2.07. The standard InChI is InChI=1S/C14H10N2OS/c1-9-16-13(8-18-9)14(17)11-4-5-12-10(7-11)3-2-6-15-12/h2-8H,1H3. The normalized spacial score (nSPS) is 10.7. The zero-order valence-electron chi connectivity index (χ0n) is 9.75. The number of pyridine rings is 1. The summed E-state index contributed by atoms with van der Waals surface area (Å²) in [6.45, 7) is 1.89.